The minimum absolute atomic E-state index is 0.0673. The predicted molar refractivity (Wildman–Crippen MR) is 143 cm³/mol. The molecule has 1 saturated heterocycles. The molecular weight excluding hydrogens is 521 g/mol. The number of fused-ring (bicyclic) bond motifs is 1. The van der Waals surface area contributed by atoms with Crippen LogP contribution in [0.15, 0.2) is 55.0 Å². The normalized spacial score (nSPS) is 15.9. The van der Waals surface area contributed by atoms with E-state index >= 15 is 0 Å². The van der Waals surface area contributed by atoms with Gasteiger partial charge in [0.15, 0.2) is 0 Å². The van der Waals surface area contributed by atoms with E-state index in [1.54, 1.807) is 4.90 Å². The molecule has 206 valence electrons. The third-order valence-electron chi connectivity index (χ3n) is 7.36. The molecule has 0 spiro atoms. The molecule has 1 aliphatic rings. The Hall–Kier alpha value is -4.50. The van der Waals surface area contributed by atoms with Crippen LogP contribution in [0.1, 0.15) is 42.5 Å². The van der Waals surface area contributed by atoms with E-state index in [4.69, 9.17) is 5.73 Å². The van der Waals surface area contributed by atoms with Crippen LogP contribution >= 0.6 is 0 Å². The zero-order valence-corrected chi connectivity index (χ0v) is 21.6. The predicted octanol–water partition coefficient (Wildman–Crippen LogP) is 4.65. The third-order valence-corrected chi connectivity index (χ3v) is 7.36. The summed E-state index contributed by atoms with van der Waals surface area (Å²) in [5, 5.41) is 13.1. The molecule has 0 unspecified atom stereocenters. The molecule has 0 aliphatic carbocycles. The van der Waals surface area contributed by atoms with E-state index in [2.05, 4.69) is 25.3 Å². The largest absolute Gasteiger partial charge is 0.417 e. The lowest BCUT2D eigenvalue weighted by Gasteiger charge is -2.36. The Morgan fingerprint density at radius 3 is 2.60 bits per heavy atom. The van der Waals surface area contributed by atoms with Gasteiger partial charge < -0.3 is 20.9 Å². The Morgan fingerprint density at radius 1 is 1.20 bits per heavy atom. The number of likely N-dealkylation sites (tertiary alicyclic amines) is 1. The quantitative estimate of drug-likeness (QED) is 0.319. The number of halogens is 3. The number of hydrogen-bond acceptors (Lipinski definition) is 7. The van der Waals surface area contributed by atoms with Crippen molar-refractivity contribution in [3.63, 3.8) is 0 Å². The Kier molecular flexibility index (Phi) is 7.40. The van der Waals surface area contributed by atoms with E-state index in [-0.39, 0.29) is 46.1 Å². The number of anilines is 1. The highest BCUT2D eigenvalue weighted by atomic mass is 19.4. The van der Waals surface area contributed by atoms with Crippen LogP contribution in [0.25, 0.3) is 22.3 Å². The number of hydrogen-bond donors (Lipinski definition) is 3. The topological polar surface area (TPSA) is 137 Å². The van der Waals surface area contributed by atoms with Gasteiger partial charge in [0.1, 0.15) is 17.8 Å². The van der Waals surface area contributed by atoms with Crippen LogP contribution in [0.2, 0.25) is 0 Å². The van der Waals surface area contributed by atoms with Gasteiger partial charge in [0.2, 0.25) is 11.9 Å². The van der Waals surface area contributed by atoms with E-state index in [0.29, 0.717) is 18.7 Å². The number of amides is 1. The van der Waals surface area contributed by atoms with Crippen molar-refractivity contribution in [2.75, 3.05) is 18.4 Å². The number of alkyl halides is 3. The number of aromatic nitrogens is 4. The molecule has 1 fully saturated rings. The fourth-order valence-electron chi connectivity index (χ4n) is 5.03. The fraction of sp³-hybridized carbons (Fsp3) is 0.321. The number of H-pyrrole nitrogens is 1. The zero-order chi connectivity index (χ0) is 28.4. The Balaban J connectivity index is 1.29. The molecule has 0 bridgehead atoms. The molecule has 40 heavy (non-hydrogen) atoms. The van der Waals surface area contributed by atoms with Crippen LogP contribution in [0.5, 0.6) is 0 Å². The van der Waals surface area contributed by atoms with Crippen molar-refractivity contribution in [2.24, 2.45) is 11.7 Å². The van der Waals surface area contributed by atoms with Gasteiger partial charge in [-0.15, -0.1) is 0 Å². The number of nitrogens with zero attached hydrogens (tertiary/aromatic N) is 5. The average Bonchev–Trinajstić information content (AvgIpc) is 3.40. The number of aromatic amines is 1. The minimum atomic E-state index is -4.56. The smallest absolute Gasteiger partial charge is 0.351 e. The highest BCUT2D eigenvalue weighted by Crippen LogP contribution is 2.35. The SMILES string of the molecule is C[C@@H](Nc1ncc(C#N)c(-c2c[nH]c3ncc(C(F)(F)F)cc23)n1)C1CCN(C(=O)[C@H](N)c2ccccc2)CC1. The molecule has 4 heterocycles. The highest BCUT2D eigenvalue weighted by molar-refractivity contribution is 5.94. The summed E-state index contributed by atoms with van der Waals surface area (Å²) in [7, 11) is 0. The van der Waals surface area contributed by atoms with Gasteiger partial charge >= 0.3 is 6.18 Å². The summed E-state index contributed by atoms with van der Waals surface area (Å²) in [6, 6.07) is 11.5. The molecule has 0 radical (unpaired) electrons. The number of carbonyl (C=O) groups is 1. The van der Waals surface area contributed by atoms with E-state index in [0.717, 1.165) is 30.7 Å². The van der Waals surface area contributed by atoms with Gasteiger partial charge in [0.25, 0.3) is 0 Å². The molecule has 4 N–H and O–H groups in total. The second-order valence-corrected chi connectivity index (χ2v) is 9.87. The summed E-state index contributed by atoms with van der Waals surface area (Å²) in [5.74, 6) is 0.360. The molecule has 2 atom stereocenters. The Morgan fingerprint density at radius 2 is 1.93 bits per heavy atom. The van der Waals surface area contributed by atoms with E-state index in [9.17, 15) is 23.2 Å². The van der Waals surface area contributed by atoms with Gasteiger partial charge in [-0.1, -0.05) is 30.3 Å². The number of nitrogens with one attached hydrogen (secondary N) is 2. The summed E-state index contributed by atoms with van der Waals surface area (Å²) < 4.78 is 39.9. The maximum atomic E-state index is 13.3. The summed E-state index contributed by atoms with van der Waals surface area (Å²) in [4.78, 5) is 30.2. The number of piperidine rings is 1. The first kappa shape index (κ1) is 27.1. The second kappa shape index (κ2) is 10.9. The summed E-state index contributed by atoms with van der Waals surface area (Å²) >= 11 is 0. The van der Waals surface area contributed by atoms with Crippen LogP contribution in [-0.4, -0.2) is 49.9 Å². The number of nitrogens with two attached hydrogens (primary N) is 1. The molecule has 1 aromatic carbocycles. The number of pyridine rings is 1. The van der Waals surface area contributed by atoms with E-state index in [1.807, 2.05) is 43.3 Å². The maximum absolute atomic E-state index is 13.3. The van der Waals surface area contributed by atoms with Crippen molar-refractivity contribution in [3.8, 4) is 17.3 Å². The van der Waals surface area contributed by atoms with Crippen molar-refractivity contribution in [1.29, 1.82) is 5.26 Å². The molecule has 12 heteroatoms. The van der Waals surface area contributed by atoms with Crippen LogP contribution in [0, 0.1) is 17.2 Å². The van der Waals surface area contributed by atoms with Crippen molar-refractivity contribution < 1.29 is 18.0 Å². The first-order valence-electron chi connectivity index (χ1n) is 12.8. The zero-order valence-electron chi connectivity index (χ0n) is 21.6. The van der Waals surface area contributed by atoms with Gasteiger partial charge in [0.05, 0.1) is 23.0 Å². The number of rotatable bonds is 6. The van der Waals surface area contributed by atoms with Gasteiger partial charge in [-0.3, -0.25) is 4.79 Å². The third kappa shape index (κ3) is 5.46. The molecule has 0 saturated carbocycles. The molecular formula is C28H27F3N8O. The summed E-state index contributed by atoms with van der Waals surface area (Å²) in [6.45, 7) is 3.13. The molecule has 5 rings (SSSR count). The highest BCUT2D eigenvalue weighted by Gasteiger charge is 2.32. The van der Waals surface area contributed by atoms with Crippen molar-refractivity contribution in [3.05, 3.63) is 71.7 Å². The Labute approximate surface area is 228 Å². The summed E-state index contributed by atoms with van der Waals surface area (Å²) in [5.41, 5.74) is 6.99. The van der Waals surface area contributed by atoms with E-state index < -0.39 is 17.8 Å². The van der Waals surface area contributed by atoms with Gasteiger partial charge in [-0.2, -0.15) is 18.4 Å². The van der Waals surface area contributed by atoms with E-state index in [1.165, 1.54) is 12.4 Å². The number of nitriles is 1. The minimum Gasteiger partial charge on any atom is -0.351 e. The maximum Gasteiger partial charge on any atom is 0.417 e. The molecule has 4 aromatic rings. The fourth-order valence-corrected chi connectivity index (χ4v) is 5.03. The number of benzene rings is 1. The van der Waals surface area contributed by atoms with Crippen molar-refractivity contribution in [2.45, 2.75) is 38.0 Å². The van der Waals surface area contributed by atoms with Crippen LogP contribution in [-0.2, 0) is 11.0 Å². The van der Waals surface area contributed by atoms with Crippen LogP contribution in [0.3, 0.4) is 0 Å². The molecule has 1 aliphatic heterocycles. The molecule has 1 amide bonds. The lowest BCUT2D eigenvalue weighted by atomic mass is 9.90. The lowest BCUT2D eigenvalue weighted by Crippen LogP contribution is -2.45. The van der Waals surface area contributed by atoms with Crippen LogP contribution < -0.4 is 11.1 Å². The first-order valence-corrected chi connectivity index (χ1v) is 12.8. The molecule has 9 nitrogen and oxygen atoms in total. The number of carbonyl (C=O) groups excluding carboxylic acids is 1. The average molecular weight is 549 g/mol. The van der Waals surface area contributed by atoms with Gasteiger partial charge in [0, 0.05) is 42.5 Å². The van der Waals surface area contributed by atoms with Crippen molar-refractivity contribution >= 4 is 22.9 Å². The second-order valence-electron chi connectivity index (χ2n) is 9.87. The monoisotopic (exact) mass is 548 g/mol. The Bertz CT molecular complexity index is 1560. The lowest BCUT2D eigenvalue weighted by molar-refractivity contribution is -0.137. The van der Waals surface area contributed by atoms with Crippen molar-refractivity contribution in [1.82, 2.24) is 24.8 Å². The first-order chi connectivity index (χ1) is 19.2. The summed E-state index contributed by atoms with van der Waals surface area (Å²) in [6.07, 6.45) is 0.535. The standard InChI is InChI=1S/C28H27F3N8O/c1-16(17-7-9-39(10-8-17)26(40)23(33)18-5-3-2-4-6-18)37-27-36-13-19(12-32)24(38-27)22-15-35-25-21(22)11-20(14-34-25)28(29,30)31/h2-6,11,13-17,23H,7-10,33H2,1H3,(H,34,35)(H,36,37,38)/t16-,23-/m1/s1. The molecule has 3 aromatic heterocycles. The van der Waals surface area contributed by atoms with Crippen LogP contribution in [0.4, 0.5) is 19.1 Å². The van der Waals surface area contributed by atoms with Gasteiger partial charge in [-0.25, -0.2) is 15.0 Å². The van der Waals surface area contributed by atoms with Gasteiger partial charge in [-0.05, 0) is 37.3 Å².